The average Bonchev–Trinajstić information content (AvgIpc) is 2.01. The van der Waals surface area contributed by atoms with Gasteiger partial charge in [0, 0.05) is 7.11 Å². The van der Waals surface area contributed by atoms with Gasteiger partial charge in [-0.05, 0) is 13.8 Å². The normalized spacial score (nSPS) is 14.3. The number of esters is 1. The summed E-state index contributed by atoms with van der Waals surface area (Å²) in [7, 11) is 2.80. The second kappa shape index (κ2) is 3.69. The van der Waals surface area contributed by atoms with Crippen LogP contribution in [0.4, 0.5) is 0 Å². The van der Waals surface area contributed by atoms with Crippen LogP contribution in [0.2, 0.25) is 0 Å². The lowest BCUT2D eigenvalue weighted by atomic mass is 10.00. The maximum absolute atomic E-state index is 10.9. The predicted molar refractivity (Wildman–Crippen MR) is 41.1 cm³/mol. The van der Waals surface area contributed by atoms with Gasteiger partial charge in [0.1, 0.15) is 6.04 Å². The van der Waals surface area contributed by atoms with E-state index >= 15 is 0 Å². The van der Waals surface area contributed by atoms with E-state index in [1.54, 1.807) is 13.8 Å². The van der Waals surface area contributed by atoms with E-state index in [0.717, 1.165) is 0 Å². The van der Waals surface area contributed by atoms with E-state index in [-0.39, 0.29) is 0 Å². The number of ether oxygens (including phenoxy) is 2. The molecule has 0 saturated heterocycles. The maximum Gasteiger partial charge on any atom is 0.325 e. The molecule has 0 heterocycles. The molecule has 1 unspecified atom stereocenters. The Kier molecular flexibility index (Phi) is 3.48. The largest absolute Gasteiger partial charge is 0.468 e. The monoisotopic (exact) mass is 161 g/mol. The van der Waals surface area contributed by atoms with Gasteiger partial charge in [0.15, 0.2) is 0 Å². The van der Waals surface area contributed by atoms with Crippen molar-refractivity contribution in [2.45, 2.75) is 25.5 Å². The third-order valence-corrected chi connectivity index (χ3v) is 1.73. The smallest absolute Gasteiger partial charge is 0.325 e. The van der Waals surface area contributed by atoms with E-state index in [4.69, 9.17) is 10.5 Å². The van der Waals surface area contributed by atoms with Crippen LogP contribution in [-0.2, 0) is 14.3 Å². The highest BCUT2D eigenvalue weighted by atomic mass is 16.5. The Morgan fingerprint density at radius 1 is 1.45 bits per heavy atom. The van der Waals surface area contributed by atoms with Crippen molar-refractivity contribution in [1.82, 2.24) is 0 Å². The van der Waals surface area contributed by atoms with Gasteiger partial charge in [-0.15, -0.1) is 0 Å². The second-order valence-electron chi connectivity index (χ2n) is 2.81. The van der Waals surface area contributed by atoms with Crippen LogP contribution in [0.25, 0.3) is 0 Å². The van der Waals surface area contributed by atoms with E-state index in [1.165, 1.54) is 14.2 Å². The molecule has 0 saturated carbocycles. The summed E-state index contributed by atoms with van der Waals surface area (Å²) in [6, 6.07) is -0.738. The molecule has 0 aliphatic carbocycles. The Hall–Kier alpha value is -0.610. The fraction of sp³-hybridized carbons (Fsp3) is 0.857. The van der Waals surface area contributed by atoms with E-state index in [1.807, 2.05) is 0 Å². The lowest BCUT2D eigenvalue weighted by Crippen LogP contribution is -2.50. The first-order chi connectivity index (χ1) is 4.95. The fourth-order valence-electron chi connectivity index (χ4n) is 0.538. The molecule has 11 heavy (non-hydrogen) atoms. The Labute approximate surface area is 66.7 Å². The van der Waals surface area contributed by atoms with Crippen molar-refractivity contribution in [3.8, 4) is 0 Å². The molecule has 0 bridgehead atoms. The molecule has 0 aromatic carbocycles. The minimum Gasteiger partial charge on any atom is -0.468 e. The van der Waals surface area contributed by atoms with Crippen molar-refractivity contribution in [3.05, 3.63) is 0 Å². The minimum absolute atomic E-state index is 0.461. The maximum atomic E-state index is 10.9. The summed E-state index contributed by atoms with van der Waals surface area (Å²) < 4.78 is 9.45. The zero-order chi connectivity index (χ0) is 9.07. The van der Waals surface area contributed by atoms with Crippen LogP contribution in [-0.4, -0.2) is 31.8 Å². The first-order valence-electron chi connectivity index (χ1n) is 3.34. The average molecular weight is 161 g/mol. The first-order valence-corrected chi connectivity index (χ1v) is 3.34. The van der Waals surface area contributed by atoms with Gasteiger partial charge in [0.05, 0.1) is 12.7 Å². The molecule has 4 heteroatoms. The summed E-state index contributed by atoms with van der Waals surface area (Å²) >= 11 is 0. The summed E-state index contributed by atoms with van der Waals surface area (Å²) in [6.07, 6.45) is 0. The van der Waals surface area contributed by atoms with Crippen molar-refractivity contribution >= 4 is 5.97 Å². The zero-order valence-electron chi connectivity index (χ0n) is 7.38. The summed E-state index contributed by atoms with van der Waals surface area (Å²) in [6.45, 7) is 3.46. The molecular formula is C7H15NO3. The standard InChI is InChI=1S/C7H15NO3/c1-7(2,11-4)5(8)6(9)10-3/h5H,8H2,1-4H3. The molecule has 2 N–H and O–H groups in total. The van der Waals surface area contributed by atoms with Crippen LogP contribution in [0.5, 0.6) is 0 Å². The number of hydrogen-bond donors (Lipinski definition) is 1. The first kappa shape index (κ1) is 10.4. The van der Waals surface area contributed by atoms with Crippen LogP contribution in [0, 0.1) is 0 Å². The number of rotatable bonds is 3. The van der Waals surface area contributed by atoms with Crippen LogP contribution in [0.15, 0.2) is 0 Å². The molecule has 0 rings (SSSR count). The summed E-state index contributed by atoms with van der Waals surface area (Å²) in [5.41, 5.74) is 4.84. The molecule has 0 radical (unpaired) electrons. The Morgan fingerprint density at radius 2 is 1.91 bits per heavy atom. The van der Waals surface area contributed by atoms with Gasteiger partial charge in [-0.1, -0.05) is 0 Å². The Morgan fingerprint density at radius 3 is 2.18 bits per heavy atom. The topological polar surface area (TPSA) is 61.5 Å². The lowest BCUT2D eigenvalue weighted by Gasteiger charge is -2.27. The number of nitrogens with two attached hydrogens (primary N) is 1. The quantitative estimate of drug-likeness (QED) is 0.588. The van der Waals surface area contributed by atoms with E-state index in [2.05, 4.69) is 4.74 Å². The third-order valence-electron chi connectivity index (χ3n) is 1.73. The Balaban J connectivity index is 4.22. The van der Waals surface area contributed by atoms with Gasteiger partial charge >= 0.3 is 5.97 Å². The highest BCUT2D eigenvalue weighted by Crippen LogP contribution is 2.12. The number of hydrogen-bond acceptors (Lipinski definition) is 4. The summed E-state index contributed by atoms with van der Waals surface area (Å²) in [5.74, 6) is -0.461. The van der Waals surface area contributed by atoms with Gasteiger partial charge in [0.25, 0.3) is 0 Å². The van der Waals surface area contributed by atoms with E-state index < -0.39 is 17.6 Å². The number of carbonyl (C=O) groups is 1. The van der Waals surface area contributed by atoms with Gasteiger partial charge < -0.3 is 15.2 Å². The molecule has 66 valence electrons. The van der Waals surface area contributed by atoms with Crippen LogP contribution < -0.4 is 5.73 Å². The molecule has 0 aliphatic heterocycles. The zero-order valence-corrected chi connectivity index (χ0v) is 7.38. The Bertz CT molecular complexity index is 145. The third kappa shape index (κ3) is 2.48. The van der Waals surface area contributed by atoms with Crippen molar-refractivity contribution in [3.63, 3.8) is 0 Å². The molecule has 0 amide bonds. The van der Waals surface area contributed by atoms with Gasteiger partial charge in [-0.3, -0.25) is 4.79 Å². The van der Waals surface area contributed by atoms with Crippen LogP contribution in [0.3, 0.4) is 0 Å². The SMILES string of the molecule is COC(=O)C(N)C(C)(C)OC. The molecule has 0 aromatic rings. The molecule has 4 nitrogen and oxygen atoms in total. The number of methoxy groups -OCH3 is 2. The molecular weight excluding hydrogens is 146 g/mol. The van der Waals surface area contributed by atoms with E-state index in [9.17, 15) is 4.79 Å². The predicted octanol–water partition coefficient (Wildman–Crippen LogP) is -0.0883. The molecule has 0 aliphatic rings. The fourth-order valence-corrected chi connectivity index (χ4v) is 0.538. The van der Waals surface area contributed by atoms with Gasteiger partial charge in [-0.25, -0.2) is 0 Å². The van der Waals surface area contributed by atoms with Crippen LogP contribution >= 0.6 is 0 Å². The van der Waals surface area contributed by atoms with Crippen molar-refractivity contribution in [2.24, 2.45) is 5.73 Å². The highest BCUT2D eigenvalue weighted by Gasteiger charge is 2.32. The summed E-state index contributed by atoms with van der Waals surface area (Å²) in [4.78, 5) is 10.9. The van der Waals surface area contributed by atoms with Crippen LogP contribution in [0.1, 0.15) is 13.8 Å². The molecule has 0 aromatic heterocycles. The van der Waals surface area contributed by atoms with Crippen molar-refractivity contribution in [1.29, 1.82) is 0 Å². The van der Waals surface area contributed by atoms with Crippen molar-refractivity contribution < 1.29 is 14.3 Å². The molecule has 0 spiro atoms. The lowest BCUT2D eigenvalue weighted by molar-refractivity contribution is -0.149. The summed E-state index contributed by atoms with van der Waals surface area (Å²) in [5, 5.41) is 0. The molecule has 0 fully saturated rings. The van der Waals surface area contributed by atoms with Crippen molar-refractivity contribution in [2.75, 3.05) is 14.2 Å². The number of carbonyl (C=O) groups excluding carboxylic acids is 1. The van der Waals surface area contributed by atoms with Gasteiger partial charge in [0.2, 0.25) is 0 Å². The highest BCUT2D eigenvalue weighted by molar-refractivity contribution is 5.76. The van der Waals surface area contributed by atoms with Gasteiger partial charge in [-0.2, -0.15) is 0 Å². The van der Waals surface area contributed by atoms with E-state index in [0.29, 0.717) is 0 Å². The second-order valence-corrected chi connectivity index (χ2v) is 2.81. The minimum atomic E-state index is -0.738. The molecule has 1 atom stereocenters.